The van der Waals surface area contributed by atoms with Gasteiger partial charge in [0.25, 0.3) is 0 Å². The van der Waals surface area contributed by atoms with Gasteiger partial charge in [0.05, 0.1) is 6.10 Å². The molecule has 1 atom stereocenters. The maximum Gasteiger partial charge on any atom is 0.168 e. The molecule has 2 N–H and O–H groups in total. The van der Waals surface area contributed by atoms with E-state index >= 15 is 0 Å². The summed E-state index contributed by atoms with van der Waals surface area (Å²) < 4.78 is 0. The lowest BCUT2D eigenvalue weighted by Gasteiger charge is -2.09. The number of likely N-dealkylation sites (N-methyl/N-ethyl adjacent to an activating group) is 1. The fourth-order valence-electron chi connectivity index (χ4n) is 1.05. The van der Waals surface area contributed by atoms with Gasteiger partial charge in [0.2, 0.25) is 0 Å². The molecule has 0 aliphatic heterocycles. The van der Waals surface area contributed by atoms with E-state index in [9.17, 15) is 9.90 Å². The number of hydrogen-bond donors (Lipinski definition) is 2. The Morgan fingerprint density at radius 3 is 3.15 bits per heavy atom. The number of nitrogens with one attached hydrogen (secondary N) is 1. The maximum atomic E-state index is 10.4. The molecule has 0 saturated carbocycles. The molecule has 0 aliphatic rings. The van der Waals surface area contributed by atoms with Crippen molar-refractivity contribution in [2.24, 2.45) is 0 Å². The molecule has 0 bridgehead atoms. The Balaban J connectivity index is 2.81. The minimum atomic E-state index is -0.591. The quantitative estimate of drug-likeness (QED) is 0.647. The zero-order chi connectivity index (χ0) is 9.68. The summed E-state index contributed by atoms with van der Waals surface area (Å²) in [5, 5.41) is 12.4. The van der Waals surface area contributed by atoms with E-state index in [0.717, 1.165) is 0 Å². The highest BCUT2D eigenvalue weighted by atomic mass is 16.3. The molecule has 0 aliphatic carbocycles. The minimum absolute atomic E-state index is 0.340. The van der Waals surface area contributed by atoms with Gasteiger partial charge < -0.3 is 10.4 Å². The van der Waals surface area contributed by atoms with Crippen molar-refractivity contribution in [2.75, 3.05) is 13.6 Å². The normalized spacial score (nSPS) is 12.5. The summed E-state index contributed by atoms with van der Waals surface area (Å²) >= 11 is 0. The van der Waals surface area contributed by atoms with Crippen molar-refractivity contribution in [1.29, 1.82) is 0 Å². The summed E-state index contributed by atoms with van der Waals surface area (Å²) in [4.78, 5) is 14.2. The zero-order valence-corrected chi connectivity index (χ0v) is 7.40. The summed E-state index contributed by atoms with van der Waals surface area (Å²) in [6.45, 7) is 0.461. The average Bonchev–Trinajstić information content (AvgIpc) is 2.18. The van der Waals surface area contributed by atoms with Crippen molar-refractivity contribution in [3.8, 4) is 0 Å². The van der Waals surface area contributed by atoms with Crippen LogP contribution < -0.4 is 5.32 Å². The molecule has 0 spiro atoms. The van der Waals surface area contributed by atoms with Crippen LogP contribution in [0.3, 0.4) is 0 Å². The van der Waals surface area contributed by atoms with Crippen LogP contribution in [0.5, 0.6) is 0 Å². The highest BCUT2D eigenvalue weighted by Crippen LogP contribution is 2.10. The number of aliphatic hydroxyl groups excluding tert-OH is 1. The summed E-state index contributed by atoms with van der Waals surface area (Å²) in [7, 11) is 1.76. The van der Waals surface area contributed by atoms with E-state index in [1.54, 1.807) is 19.2 Å². The van der Waals surface area contributed by atoms with Crippen LogP contribution in [-0.4, -0.2) is 30.0 Å². The molecule has 1 aromatic heterocycles. The van der Waals surface area contributed by atoms with Crippen molar-refractivity contribution >= 4 is 6.29 Å². The minimum Gasteiger partial charge on any atom is -0.387 e. The Morgan fingerprint density at radius 2 is 2.54 bits per heavy atom. The molecule has 0 fully saturated rings. The fraction of sp³-hybridized carbons (Fsp3) is 0.333. The third-order valence-electron chi connectivity index (χ3n) is 1.71. The van der Waals surface area contributed by atoms with Gasteiger partial charge in [0.1, 0.15) is 5.69 Å². The second-order valence-electron chi connectivity index (χ2n) is 2.71. The molecule has 4 nitrogen and oxygen atoms in total. The van der Waals surface area contributed by atoms with Crippen molar-refractivity contribution < 1.29 is 9.90 Å². The van der Waals surface area contributed by atoms with Crippen molar-refractivity contribution in [2.45, 2.75) is 6.10 Å². The zero-order valence-electron chi connectivity index (χ0n) is 7.40. The predicted molar refractivity (Wildman–Crippen MR) is 48.5 cm³/mol. The number of aromatic nitrogens is 1. The summed E-state index contributed by atoms with van der Waals surface area (Å²) in [5.41, 5.74) is 1.04. The molecule has 4 heteroatoms. The molecule has 1 aromatic rings. The van der Waals surface area contributed by atoms with Gasteiger partial charge in [-0.2, -0.15) is 0 Å². The molecule has 0 radical (unpaired) electrons. The number of carbonyl (C=O) groups is 1. The number of nitrogens with zero attached hydrogens (tertiary/aromatic N) is 1. The van der Waals surface area contributed by atoms with Crippen LogP contribution in [0.2, 0.25) is 0 Å². The third-order valence-corrected chi connectivity index (χ3v) is 1.71. The number of hydrogen-bond acceptors (Lipinski definition) is 4. The van der Waals surface area contributed by atoms with Crippen molar-refractivity contribution in [1.82, 2.24) is 10.3 Å². The predicted octanol–water partition coefficient (Wildman–Crippen LogP) is 0.147. The van der Waals surface area contributed by atoms with Crippen molar-refractivity contribution in [3.63, 3.8) is 0 Å². The first kappa shape index (κ1) is 9.83. The van der Waals surface area contributed by atoms with E-state index < -0.39 is 6.10 Å². The highest BCUT2D eigenvalue weighted by molar-refractivity contribution is 5.71. The van der Waals surface area contributed by atoms with Gasteiger partial charge in [-0.05, 0) is 24.7 Å². The molecule has 13 heavy (non-hydrogen) atoms. The third kappa shape index (κ3) is 2.61. The van der Waals surface area contributed by atoms with Crippen LogP contribution in [-0.2, 0) is 0 Å². The Morgan fingerprint density at radius 1 is 1.77 bits per heavy atom. The molecule has 70 valence electrons. The van der Waals surface area contributed by atoms with Gasteiger partial charge >= 0.3 is 0 Å². The Hall–Kier alpha value is -1.26. The van der Waals surface area contributed by atoms with Gasteiger partial charge in [-0.15, -0.1) is 0 Å². The van der Waals surface area contributed by atoms with Crippen LogP contribution >= 0.6 is 0 Å². The molecule has 0 saturated heterocycles. The second-order valence-corrected chi connectivity index (χ2v) is 2.71. The Labute approximate surface area is 76.6 Å². The van der Waals surface area contributed by atoms with Gasteiger partial charge in [0.15, 0.2) is 6.29 Å². The SMILES string of the molecule is CNCC(O)c1ccnc(C=O)c1. The molecule has 0 amide bonds. The molecule has 1 unspecified atom stereocenters. The van der Waals surface area contributed by atoms with E-state index in [1.807, 2.05) is 0 Å². The molecular weight excluding hydrogens is 168 g/mol. The molecule has 1 heterocycles. The van der Waals surface area contributed by atoms with E-state index in [0.29, 0.717) is 24.1 Å². The van der Waals surface area contributed by atoms with E-state index in [4.69, 9.17) is 0 Å². The average molecular weight is 180 g/mol. The summed E-state index contributed by atoms with van der Waals surface area (Å²) in [6.07, 6.45) is 1.58. The van der Waals surface area contributed by atoms with Crippen LogP contribution in [0.25, 0.3) is 0 Å². The number of carbonyl (C=O) groups excluding carboxylic acids is 1. The number of aldehydes is 1. The fourth-order valence-corrected chi connectivity index (χ4v) is 1.05. The number of aliphatic hydroxyl groups is 1. The standard InChI is InChI=1S/C9H12N2O2/c1-10-5-9(13)7-2-3-11-8(4-7)6-12/h2-4,6,9-10,13H,5H2,1H3. The number of rotatable bonds is 4. The van der Waals surface area contributed by atoms with E-state index in [1.165, 1.54) is 6.20 Å². The van der Waals surface area contributed by atoms with Gasteiger partial charge in [0, 0.05) is 12.7 Å². The Bertz CT molecular complexity index is 289. The number of pyridine rings is 1. The van der Waals surface area contributed by atoms with Crippen LogP contribution in [0.1, 0.15) is 22.2 Å². The largest absolute Gasteiger partial charge is 0.387 e. The van der Waals surface area contributed by atoms with Gasteiger partial charge in [-0.3, -0.25) is 9.78 Å². The van der Waals surface area contributed by atoms with E-state index in [2.05, 4.69) is 10.3 Å². The first-order valence-electron chi connectivity index (χ1n) is 4.01. The molecule has 1 rings (SSSR count). The van der Waals surface area contributed by atoms with Crippen molar-refractivity contribution in [3.05, 3.63) is 29.6 Å². The maximum absolute atomic E-state index is 10.4. The lowest BCUT2D eigenvalue weighted by molar-refractivity contribution is 0.111. The molecule has 0 aromatic carbocycles. The first-order chi connectivity index (χ1) is 6.27. The second kappa shape index (κ2) is 4.69. The topological polar surface area (TPSA) is 62.2 Å². The smallest absolute Gasteiger partial charge is 0.168 e. The lowest BCUT2D eigenvalue weighted by Crippen LogP contribution is -2.16. The monoisotopic (exact) mass is 180 g/mol. The van der Waals surface area contributed by atoms with Crippen LogP contribution in [0.4, 0.5) is 0 Å². The van der Waals surface area contributed by atoms with E-state index in [-0.39, 0.29) is 0 Å². The lowest BCUT2D eigenvalue weighted by atomic mass is 10.1. The first-order valence-corrected chi connectivity index (χ1v) is 4.01. The Kier molecular flexibility index (Phi) is 3.54. The van der Waals surface area contributed by atoms with Gasteiger partial charge in [-0.1, -0.05) is 0 Å². The van der Waals surface area contributed by atoms with Gasteiger partial charge in [-0.25, -0.2) is 0 Å². The molecular formula is C9H12N2O2. The van der Waals surface area contributed by atoms with Crippen LogP contribution in [0.15, 0.2) is 18.3 Å². The highest BCUT2D eigenvalue weighted by Gasteiger charge is 2.06. The van der Waals surface area contributed by atoms with Crippen LogP contribution in [0, 0.1) is 0 Å². The summed E-state index contributed by atoms with van der Waals surface area (Å²) in [6, 6.07) is 3.27. The summed E-state index contributed by atoms with van der Waals surface area (Å²) in [5.74, 6) is 0.